The molecule has 8 nitrogen and oxygen atoms in total. The smallest absolute Gasteiger partial charge is 0.239 e. The number of hydrogen-bond acceptors (Lipinski definition) is 6. The van der Waals surface area contributed by atoms with E-state index in [2.05, 4.69) is 26.2 Å². The number of aromatic nitrogens is 4. The molecule has 3 aromatic rings. The second kappa shape index (κ2) is 8.11. The summed E-state index contributed by atoms with van der Waals surface area (Å²) in [6, 6.07) is 13.3. The van der Waals surface area contributed by atoms with Crippen molar-refractivity contribution in [3.05, 3.63) is 59.9 Å². The third kappa shape index (κ3) is 4.35. The van der Waals surface area contributed by atoms with Gasteiger partial charge in [-0.2, -0.15) is 0 Å². The van der Waals surface area contributed by atoms with Crippen LogP contribution in [0.25, 0.3) is 5.69 Å². The SMILES string of the molecule is COc1cccc(CNC(=O)CNc2ccc(-n3cnnn3)c(C)c2)c1. The van der Waals surface area contributed by atoms with Crippen LogP contribution in [-0.4, -0.2) is 39.8 Å². The van der Waals surface area contributed by atoms with Crippen LogP contribution in [0.2, 0.25) is 0 Å². The van der Waals surface area contributed by atoms with E-state index in [1.165, 1.54) is 0 Å². The molecular weight excluding hydrogens is 332 g/mol. The van der Waals surface area contributed by atoms with Gasteiger partial charge in [-0.15, -0.1) is 5.10 Å². The fraction of sp³-hybridized carbons (Fsp3) is 0.222. The standard InChI is InChI=1S/C18H20N6O2/c1-13-8-15(6-7-17(13)24-12-21-22-23-24)19-11-18(25)20-10-14-4-3-5-16(9-14)26-2/h3-9,12,19H,10-11H2,1-2H3,(H,20,25). The quantitative estimate of drug-likeness (QED) is 0.672. The van der Waals surface area contributed by atoms with Crippen LogP contribution in [0.1, 0.15) is 11.1 Å². The first-order valence-electron chi connectivity index (χ1n) is 8.13. The van der Waals surface area contributed by atoms with Gasteiger partial charge in [-0.3, -0.25) is 4.79 Å². The van der Waals surface area contributed by atoms with Crippen LogP contribution in [0.4, 0.5) is 5.69 Å². The van der Waals surface area contributed by atoms with E-state index in [0.29, 0.717) is 6.54 Å². The first-order valence-corrected chi connectivity index (χ1v) is 8.13. The molecule has 0 aliphatic carbocycles. The third-order valence-electron chi connectivity index (χ3n) is 3.87. The van der Waals surface area contributed by atoms with Gasteiger partial charge in [-0.1, -0.05) is 12.1 Å². The lowest BCUT2D eigenvalue weighted by atomic mass is 10.2. The predicted octanol–water partition coefficient (Wildman–Crippen LogP) is 1.71. The fourth-order valence-corrected chi connectivity index (χ4v) is 2.52. The molecule has 2 aromatic carbocycles. The van der Waals surface area contributed by atoms with Crippen LogP contribution in [0.3, 0.4) is 0 Å². The Morgan fingerprint density at radius 1 is 1.23 bits per heavy atom. The Labute approximate surface area is 151 Å². The molecule has 0 spiro atoms. The van der Waals surface area contributed by atoms with E-state index in [4.69, 9.17) is 4.74 Å². The number of rotatable bonds is 7. The number of aryl methyl sites for hydroxylation is 1. The number of carbonyl (C=O) groups is 1. The van der Waals surface area contributed by atoms with Crippen LogP contribution in [0.5, 0.6) is 5.75 Å². The Balaban J connectivity index is 1.52. The van der Waals surface area contributed by atoms with Gasteiger partial charge in [-0.25, -0.2) is 4.68 Å². The van der Waals surface area contributed by atoms with Gasteiger partial charge in [-0.05, 0) is 58.8 Å². The molecule has 0 unspecified atom stereocenters. The number of nitrogens with zero attached hydrogens (tertiary/aromatic N) is 4. The maximum absolute atomic E-state index is 12.0. The Kier molecular flexibility index (Phi) is 5.43. The molecule has 3 rings (SSSR count). The number of methoxy groups -OCH3 is 1. The van der Waals surface area contributed by atoms with Gasteiger partial charge in [0, 0.05) is 12.2 Å². The summed E-state index contributed by atoms with van der Waals surface area (Å²) in [5, 5.41) is 17.1. The van der Waals surface area contributed by atoms with Crippen molar-refractivity contribution in [1.29, 1.82) is 0 Å². The van der Waals surface area contributed by atoms with Crippen molar-refractivity contribution in [2.45, 2.75) is 13.5 Å². The van der Waals surface area contributed by atoms with E-state index in [9.17, 15) is 4.79 Å². The second-order valence-electron chi connectivity index (χ2n) is 5.74. The lowest BCUT2D eigenvalue weighted by molar-refractivity contribution is -0.119. The summed E-state index contributed by atoms with van der Waals surface area (Å²) in [7, 11) is 1.62. The van der Waals surface area contributed by atoms with Crippen LogP contribution in [-0.2, 0) is 11.3 Å². The second-order valence-corrected chi connectivity index (χ2v) is 5.74. The van der Waals surface area contributed by atoms with Crippen molar-refractivity contribution in [1.82, 2.24) is 25.5 Å². The summed E-state index contributed by atoms with van der Waals surface area (Å²) in [6.45, 7) is 2.60. The van der Waals surface area contributed by atoms with Crippen molar-refractivity contribution in [3.8, 4) is 11.4 Å². The number of ether oxygens (including phenoxy) is 1. The molecule has 0 saturated heterocycles. The van der Waals surface area contributed by atoms with Crippen molar-refractivity contribution in [2.75, 3.05) is 19.0 Å². The number of anilines is 1. The van der Waals surface area contributed by atoms with Crippen molar-refractivity contribution in [3.63, 3.8) is 0 Å². The molecule has 1 heterocycles. The number of amides is 1. The highest BCUT2D eigenvalue weighted by atomic mass is 16.5. The highest BCUT2D eigenvalue weighted by Gasteiger charge is 2.06. The van der Waals surface area contributed by atoms with Crippen LogP contribution in [0, 0.1) is 6.92 Å². The topological polar surface area (TPSA) is 94.0 Å². The number of benzene rings is 2. The average Bonchev–Trinajstić information content (AvgIpc) is 3.19. The maximum Gasteiger partial charge on any atom is 0.239 e. The molecular formula is C18H20N6O2. The van der Waals surface area contributed by atoms with Crippen molar-refractivity contribution < 1.29 is 9.53 Å². The Bertz CT molecular complexity index is 879. The maximum atomic E-state index is 12.0. The summed E-state index contributed by atoms with van der Waals surface area (Å²) in [6.07, 6.45) is 1.54. The molecule has 0 fully saturated rings. The zero-order chi connectivity index (χ0) is 18.4. The van der Waals surface area contributed by atoms with E-state index in [1.54, 1.807) is 18.1 Å². The van der Waals surface area contributed by atoms with Gasteiger partial charge < -0.3 is 15.4 Å². The normalized spacial score (nSPS) is 10.4. The molecule has 1 amide bonds. The van der Waals surface area contributed by atoms with Gasteiger partial charge in [0.1, 0.15) is 12.1 Å². The number of nitrogens with one attached hydrogen (secondary N) is 2. The van der Waals surface area contributed by atoms with Crippen molar-refractivity contribution in [2.24, 2.45) is 0 Å². The van der Waals surface area contributed by atoms with E-state index in [0.717, 1.165) is 28.3 Å². The summed E-state index contributed by atoms with van der Waals surface area (Å²) in [4.78, 5) is 12.0. The molecule has 8 heteroatoms. The number of tetrazole rings is 1. The summed E-state index contributed by atoms with van der Waals surface area (Å²) in [5.41, 5.74) is 3.73. The summed E-state index contributed by atoms with van der Waals surface area (Å²) in [5.74, 6) is 0.683. The minimum Gasteiger partial charge on any atom is -0.497 e. The van der Waals surface area contributed by atoms with Crippen LogP contribution < -0.4 is 15.4 Å². The highest BCUT2D eigenvalue weighted by Crippen LogP contribution is 2.17. The molecule has 1 aromatic heterocycles. The van der Waals surface area contributed by atoms with Gasteiger partial charge in [0.25, 0.3) is 0 Å². The predicted molar refractivity (Wildman–Crippen MR) is 97.2 cm³/mol. The fourth-order valence-electron chi connectivity index (χ4n) is 2.52. The Hall–Kier alpha value is -3.42. The monoisotopic (exact) mass is 352 g/mol. The van der Waals surface area contributed by atoms with Gasteiger partial charge in [0.15, 0.2) is 0 Å². The molecule has 0 bridgehead atoms. The Morgan fingerprint density at radius 2 is 2.12 bits per heavy atom. The van der Waals surface area contributed by atoms with E-state index in [-0.39, 0.29) is 12.5 Å². The van der Waals surface area contributed by atoms with Gasteiger partial charge in [0.2, 0.25) is 5.91 Å². The molecule has 0 aliphatic heterocycles. The highest BCUT2D eigenvalue weighted by molar-refractivity contribution is 5.80. The summed E-state index contributed by atoms with van der Waals surface area (Å²) >= 11 is 0. The summed E-state index contributed by atoms with van der Waals surface area (Å²) < 4.78 is 6.77. The Morgan fingerprint density at radius 3 is 2.85 bits per heavy atom. The molecule has 0 atom stereocenters. The van der Waals surface area contributed by atoms with Crippen LogP contribution >= 0.6 is 0 Å². The molecule has 134 valence electrons. The zero-order valence-electron chi connectivity index (χ0n) is 14.6. The lowest BCUT2D eigenvalue weighted by Crippen LogP contribution is -2.29. The van der Waals surface area contributed by atoms with Gasteiger partial charge >= 0.3 is 0 Å². The van der Waals surface area contributed by atoms with E-state index in [1.807, 2.05) is 49.4 Å². The minimum absolute atomic E-state index is 0.0879. The molecule has 0 aliphatic rings. The van der Waals surface area contributed by atoms with Gasteiger partial charge in [0.05, 0.1) is 19.3 Å². The third-order valence-corrected chi connectivity index (χ3v) is 3.87. The number of hydrogen-bond donors (Lipinski definition) is 2. The molecule has 26 heavy (non-hydrogen) atoms. The van der Waals surface area contributed by atoms with E-state index >= 15 is 0 Å². The largest absolute Gasteiger partial charge is 0.497 e. The molecule has 2 N–H and O–H groups in total. The zero-order valence-corrected chi connectivity index (χ0v) is 14.6. The molecule has 0 radical (unpaired) electrons. The minimum atomic E-state index is -0.0879. The average molecular weight is 352 g/mol. The first-order chi connectivity index (χ1) is 12.7. The number of carbonyl (C=O) groups excluding carboxylic acids is 1. The van der Waals surface area contributed by atoms with E-state index < -0.39 is 0 Å². The lowest BCUT2D eigenvalue weighted by Gasteiger charge is -2.11. The van der Waals surface area contributed by atoms with Crippen LogP contribution in [0.15, 0.2) is 48.8 Å². The first kappa shape index (κ1) is 17.4. The molecule has 0 saturated carbocycles. The van der Waals surface area contributed by atoms with Crippen molar-refractivity contribution >= 4 is 11.6 Å².